The number of cyclic esters (lactones) is 1. The predicted octanol–water partition coefficient (Wildman–Crippen LogP) is 0.120. The van der Waals surface area contributed by atoms with Gasteiger partial charge in [-0.15, -0.1) is 0 Å². The first-order valence-corrected chi connectivity index (χ1v) is 15.9. The summed E-state index contributed by atoms with van der Waals surface area (Å²) >= 11 is 0. The summed E-state index contributed by atoms with van der Waals surface area (Å²) in [4.78, 5) is 24.4. The number of carboxylic acid groups (broad SMARTS) is 1. The minimum Gasteiger partial charge on any atom is -0.481 e. The van der Waals surface area contributed by atoms with Crippen LogP contribution in [0.1, 0.15) is 46.0 Å². The van der Waals surface area contributed by atoms with Gasteiger partial charge in [-0.2, -0.15) is 0 Å². The summed E-state index contributed by atoms with van der Waals surface area (Å²) in [6.07, 6.45) is 4.92. The normalized spacial score (nSPS) is 47.2. The Morgan fingerprint density at radius 2 is 1.64 bits per heavy atom. The van der Waals surface area contributed by atoms with Crippen molar-refractivity contribution >= 4 is 11.9 Å². The van der Waals surface area contributed by atoms with Gasteiger partial charge >= 0.3 is 11.9 Å². The summed E-state index contributed by atoms with van der Waals surface area (Å²) in [6.45, 7) is 3.38. The molecule has 2 bridgehead atoms. The van der Waals surface area contributed by atoms with Gasteiger partial charge in [-0.25, -0.2) is 4.79 Å². The number of epoxide rings is 1. The van der Waals surface area contributed by atoms with Crippen molar-refractivity contribution in [3.8, 4) is 0 Å². The van der Waals surface area contributed by atoms with Crippen molar-refractivity contribution in [3.63, 3.8) is 0 Å². The lowest BCUT2D eigenvalue weighted by molar-refractivity contribution is -0.308. The van der Waals surface area contributed by atoms with Gasteiger partial charge in [0, 0.05) is 38.2 Å². The quantitative estimate of drug-likeness (QED) is 0.157. The third-order valence-corrected chi connectivity index (χ3v) is 8.59. The molecule has 4 rings (SSSR count). The van der Waals surface area contributed by atoms with E-state index in [0.29, 0.717) is 6.42 Å². The number of hydrogen-bond acceptors (Lipinski definition) is 13. The highest BCUT2D eigenvalue weighted by Gasteiger charge is 2.51. The number of carboxylic acids is 1. The van der Waals surface area contributed by atoms with Gasteiger partial charge < -0.3 is 60.1 Å². The van der Waals surface area contributed by atoms with E-state index in [4.69, 9.17) is 29.4 Å². The van der Waals surface area contributed by atoms with Crippen LogP contribution in [0.25, 0.3) is 0 Å². The van der Waals surface area contributed by atoms with Crippen molar-refractivity contribution in [2.45, 2.75) is 125 Å². The number of carbonyl (C=O) groups is 2. The van der Waals surface area contributed by atoms with Crippen LogP contribution in [0.4, 0.5) is 0 Å². The largest absolute Gasteiger partial charge is 0.481 e. The zero-order valence-electron chi connectivity index (χ0n) is 26.4. The van der Waals surface area contributed by atoms with E-state index in [9.17, 15) is 40.2 Å². The fraction of sp³-hybridized carbons (Fsp3) is 0.636. The molecular weight excluding hydrogens is 618 g/mol. The maximum atomic E-state index is 12.3. The van der Waals surface area contributed by atoms with Crippen molar-refractivity contribution in [1.29, 1.82) is 0 Å². The van der Waals surface area contributed by atoms with Crippen LogP contribution < -0.4 is 5.73 Å². The average molecular weight is 666 g/mol. The Morgan fingerprint density at radius 1 is 0.936 bits per heavy atom. The van der Waals surface area contributed by atoms with Crippen molar-refractivity contribution in [3.05, 3.63) is 60.8 Å². The van der Waals surface area contributed by atoms with Crippen LogP contribution >= 0.6 is 0 Å². The lowest BCUT2D eigenvalue weighted by Gasteiger charge is -2.45. The second-order valence-corrected chi connectivity index (χ2v) is 12.6. The Bertz CT molecular complexity index is 1220. The standard InChI is InChI=1S/C33H47NO13/c1-18-10-8-6-4-3-5-7-9-11-21(45-32-30(39)29(38)28(34)19(2)44-32)15-25-27(31(40)41)22(36)17-33(42,47-25)16-20(35)14-24-23(46-24)12-13-26(37)43-18/h3-9,11-13,18-25,27-30,32,35-36,38-39,42H,10,14-17,34H2,1-2H3,(H,40,41)/b4-3+,7-5+,8-6-,11-9+,13-12+/t18-,19-,20+,21+,22+,23-,24-,25+,27-,28?,29?,30?,32+,33-/m1/s1. The molecule has 0 aromatic rings. The highest BCUT2D eigenvalue weighted by molar-refractivity contribution is 5.82. The molecule has 262 valence electrons. The second kappa shape index (κ2) is 16.6. The molecule has 3 fully saturated rings. The number of aliphatic carboxylic acids is 1. The Balaban J connectivity index is 1.58. The number of allylic oxidation sites excluding steroid dienone is 6. The van der Waals surface area contributed by atoms with Crippen molar-refractivity contribution < 1.29 is 63.9 Å². The highest BCUT2D eigenvalue weighted by Crippen LogP contribution is 2.39. The van der Waals surface area contributed by atoms with Crippen molar-refractivity contribution in [2.75, 3.05) is 0 Å². The van der Waals surface area contributed by atoms with Crippen LogP contribution in [0.15, 0.2) is 60.8 Å². The van der Waals surface area contributed by atoms with Gasteiger partial charge in [0.2, 0.25) is 0 Å². The summed E-state index contributed by atoms with van der Waals surface area (Å²) in [5.41, 5.74) is 5.91. The minimum absolute atomic E-state index is 0.0773. The second-order valence-electron chi connectivity index (χ2n) is 12.6. The van der Waals surface area contributed by atoms with Gasteiger partial charge in [-0.1, -0.05) is 48.6 Å². The molecule has 0 aromatic carbocycles. The zero-order chi connectivity index (χ0) is 34.3. The Morgan fingerprint density at radius 3 is 2.36 bits per heavy atom. The molecular formula is C33H47NO13. The van der Waals surface area contributed by atoms with Crippen LogP contribution in [0.2, 0.25) is 0 Å². The number of esters is 1. The molecule has 0 spiro atoms. The highest BCUT2D eigenvalue weighted by atomic mass is 16.7. The van der Waals surface area contributed by atoms with Crippen LogP contribution in [0, 0.1) is 5.92 Å². The van der Waals surface area contributed by atoms with Gasteiger partial charge in [-0.05, 0) is 19.9 Å². The molecule has 47 heavy (non-hydrogen) atoms. The molecule has 4 heterocycles. The zero-order valence-corrected chi connectivity index (χ0v) is 26.4. The van der Waals surface area contributed by atoms with E-state index in [0.717, 1.165) is 0 Å². The third-order valence-electron chi connectivity index (χ3n) is 8.59. The van der Waals surface area contributed by atoms with Gasteiger partial charge in [0.25, 0.3) is 0 Å². The van der Waals surface area contributed by atoms with Crippen molar-refractivity contribution in [1.82, 2.24) is 0 Å². The molecule has 0 saturated carbocycles. The monoisotopic (exact) mass is 665 g/mol. The Hall–Kier alpha value is -2.76. The van der Waals surface area contributed by atoms with Crippen LogP contribution in [-0.4, -0.2) is 122 Å². The lowest BCUT2D eigenvalue weighted by atomic mass is 9.83. The number of nitrogens with two attached hydrogens (primary N) is 1. The molecule has 4 aliphatic rings. The lowest BCUT2D eigenvalue weighted by Crippen LogP contribution is -2.61. The van der Waals surface area contributed by atoms with Gasteiger partial charge in [-0.3, -0.25) is 4.79 Å². The first-order valence-electron chi connectivity index (χ1n) is 15.9. The first-order chi connectivity index (χ1) is 22.3. The molecule has 0 aromatic heterocycles. The summed E-state index contributed by atoms with van der Waals surface area (Å²) in [6, 6.07) is -0.870. The van der Waals surface area contributed by atoms with E-state index in [1.54, 1.807) is 56.4 Å². The fourth-order valence-electron chi connectivity index (χ4n) is 5.98. The number of hydrogen-bond donors (Lipinski definition) is 7. The smallest absolute Gasteiger partial charge is 0.330 e. The third kappa shape index (κ3) is 10.6. The van der Waals surface area contributed by atoms with Gasteiger partial charge in [0.15, 0.2) is 12.1 Å². The molecule has 14 atom stereocenters. The molecule has 14 heteroatoms. The number of aliphatic hydroxyl groups is 5. The maximum absolute atomic E-state index is 12.3. The van der Waals surface area contributed by atoms with E-state index in [1.807, 2.05) is 6.08 Å². The summed E-state index contributed by atoms with van der Waals surface area (Å²) in [5, 5.41) is 64.1. The van der Waals surface area contributed by atoms with E-state index < -0.39 is 97.3 Å². The van der Waals surface area contributed by atoms with E-state index in [2.05, 4.69) is 0 Å². The number of fused-ring (bicyclic) bond motifs is 3. The Kier molecular flexibility index (Phi) is 13.1. The van der Waals surface area contributed by atoms with E-state index >= 15 is 0 Å². The van der Waals surface area contributed by atoms with Crippen LogP contribution in [0.3, 0.4) is 0 Å². The molecule has 3 saturated heterocycles. The van der Waals surface area contributed by atoms with E-state index in [-0.39, 0.29) is 25.4 Å². The van der Waals surface area contributed by atoms with Crippen LogP contribution in [-0.2, 0) is 33.3 Å². The summed E-state index contributed by atoms with van der Waals surface area (Å²) in [5.74, 6) is -5.46. The maximum Gasteiger partial charge on any atom is 0.330 e. The fourth-order valence-corrected chi connectivity index (χ4v) is 5.98. The molecule has 4 aliphatic heterocycles. The Labute approximate surface area is 273 Å². The number of carbonyl (C=O) groups excluding carboxylic acids is 1. The molecule has 0 amide bonds. The minimum atomic E-state index is -2.10. The van der Waals surface area contributed by atoms with Crippen molar-refractivity contribution in [2.24, 2.45) is 11.7 Å². The first kappa shape index (κ1) is 37.1. The average Bonchev–Trinajstić information content (AvgIpc) is 3.72. The van der Waals surface area contributed by atoms with Crippen LogP contribution in [0.5, 0.6) is 0 Å². The van der Waals surface area contributed by atoms with Gasteiger partial charge in [0.1, 0.15) is 30.3 Å². The molecule has 8 N–H and O–H groups in total. The number of rotatable bonds is 3. The number of aliphatic hydroxyl groups excluding tert-OH is 4. The molecule has 3 unspecified atom stereocenters. The summed E-state index contributed by atoms with van der Waals surface area (Å²) in [7, 11) is 0. The summed E-state index contributed by atoms with van der Waals surface area (Å²) < 4.78 is 28.5. The molecule has 0 radical (unpaired) electrons. The SMILES string of the molecule is C[C@@H]1C\C=C/C=C/C=C/C=C/[C@H](O[C@@H]2O[C@H](C)C(N)C(O)C2O)C[C@@H]2O[C@](O)(C[C@@H](O)C[C@H]3O[C@@H]3/C=C/C(=O)O1)C[C@H](O)[C@H]2C(=O)O. The predicted molar refractivity (Wildman–Crippen MR) is 165 cm³/mol. The topological polar surface area (TPSA) is 231 Å². The molecule has 14 nitrogen and oxygen atoms in total. The van der Waals surface area contributed by atoms with Gasteiger partial charge in [0.05, 0.1) is 42.7 Å². The number of ether oxygens (including phenoxy) is 5. The molecule has 0 aliphatic carbocycles. The van der Waals surface area contributed by atoms with E-state index in [1.165, 1.54) is 12.2 Å².